The van der Waals surface area contributed by atoms with E-state index in [1.165, 1.54) is 212 Å². The van der Waals surface area contributed by atoms with Crippen molar-refractivity contribution < 1.29 is 28.6 Å². The first-order chi connectivity index (χ1) is 31.5. The fourth-order valence-electron chi connectivity index (χ4n) is 8.37. The molecular weight excluding hydrogens is 793 g/mol. The summed E-state index contributed by atoms with van der Waals surface area (Å²) < 4.78 is 16.8. The molecule has 0 aliphatic rings. The lowest BCUT2D eigenvalue weighted by atomic mass is 10.0. The minimum Gasteiger partial charge on any atom is -0.462 e. The lowest BCUT2D eigenvalue weighted by Gasteiger charge is -2.18. The van der Waals surface area contributed by atoms with E-state index in [1.54, 1.807) is 0 Å². The Labute approximate surface area is 398 Å². The highest BCUT2D eigenvalue weighted by atomic mass is 16.6. The monoisotopic (exact) mass is 901 g/mol. The van der Waals surface area contributed by atoms with E-state index in [9.17, 15) is 14.4 Å². The summed E-state index contributed by atoms with van der Waals surface area (Å²) in [6, 6.07) is 0. The predicted octanol–water partition coefficient (Wildman–Crippen LogP) is 18.7. The van der Waals surface area contributed by atoms with Crippen molar-refractivity contribution in [1.29, 1.82) is 0 Å². The van der Waals surface area contributed by atoms with Crippen molar-refractivity contribution in [2.24, 2.45) is 0 Å². The zero-order valence-corrected chi connectivity index (χ0v) is 43.1. The first-order valence-corrected chi connectivity index (χ1v) is 28.3. The fourth-order valence-corrected chi connectivity index (χ4v) is 8.37. The average molecular weight is 901 g/mol. The highest BCUT2D eigenvalue weighted by molar-refractivity contribution is 5.71. The van der Waals surface area contributed by atoms with Gasteiger partial charge in [-0.2, -0.15) is 0 Å². The molecule has 0 aromatic carbocycles. The number of rotatable bonds is 52. The normalized spacial score (nSPS) is 12.1. The second kappa shape index (κ2) is 53.5. The Morgan fingerprint density at radius 3 is 0.797 bits per heavy atom. The molecule has 1 unspecified atom stereocenters. The average Bonchev–Trinajstić information content (AvgIpc) is 3.29. The van der Waals surface area contributed by atoms with Gasteiger partial charge in [-0.05, 0) is 70.6 Å². The Hall–Kier alpha value is -2.11. The van der Waals surface area contributed by atoms with E-state index >= 15 is 0 Å². The van der Waals surface area contributed by atoms with Crippen molar-refractivity contribution in [3.8, 4) is 0 Å². The maximum Gasteiger partial charge on any atom is 0.306 e. The van der Waals surface area contributed by atoms with Crippen molar-refractivity contribution in [3.63, 3.8) is 0 Å². The summed E-state index contributed by atoms with van der Waals surface area (Å²) in [5, 5.41) is 0. The van der Waals surface area contributed by atoms with Crippen LogP contribution in [0.1, 0.15) is 310 Å². The van der Waals surface area contributed by atoms with Crippen molar-refractivity contribution >= 4 is 17.9 Å². The highest BCUT2D eigenvalue weighted by Gasteiger charge is 2.19. The Balaban J connectivity index is 4.31. The summed E-state index contributed by atoms with van der Waals surface area (Å²) in [5.74, 6) is -0.862. The molecule has 0 saturated carbocycles. The van der Waals surface area contributed by atoms with E-state index < -0.39 is 6.10 Å². The summed E-state index contributed by atoms with van der Waals surface area (Å²) in [6.07, 6.45) is 61.6. The molecule has 0 amide bonds. The number of ether oxygens (including phenoxy) is 3. The molecule has 0 spiro atoms. The largest absolute Gasteiger partial charge is 0.462 e. The molecular formula is C58H108O6. The number of unbranched alkanes of at least 4 members (excludes halogenated alkanes) is 37. The zero-order chi connectivity index (χ0) is 46.5. The van der Waals surface area contributed by atoms with E-state index in [2.05, 4.69) is 45.1 Å². The third-order valence-corrected chi connectivity index (χ3v) is 12.7. The van der Waals surface area contributed by atoms with Crippen LogP contribution in [0.15, 0.2) is 24.3 Å². The number of allylic oxidation sites excluding steroid dienone is 4. The summed E-state index contributed by atoms with van der Waals surface area (Å²) in [7, 11) is 0. The third-order valence-electron chi connectivity index (χ3n) is 12.7. The van der Waals surface area contributed by atoms with Gasteiger partial charge in [0.25, 0.3) is 0 Å². The number of carbonyl (C=O) groups is 3. The van der Waals surface area contributed by atoms with Gasteiger partial charge in [0.05, 0.1) is 0 Å². The molecule has 0 aromatic heterocycles. The van der Waals surface area contributed by atoms with E-state index in [0.717, 1.165) is 57.8 Å². The van der Waals surface area contributed by atoms with Crippen LogP contribution in [0.25, 0.3) is 0 Å². The molecule has 0 aliphatic heterocycles. The van der Waals surface area contributed by atoms with Gasteiger partial charge in [-0.25, -0.2) is 0 Å². The quantitative estimate of drug-likeness (QED) is 0.0262. The molecule has 0 rings (SSSR count). The molecule has 6 nitrogen and oxygen atoms in total. The van der Waals surface area contributed by atoms with Crippen molar-refractivity contribution in [2.45, 2.75) is 316 Å². The van der Waals surface area contributed by atoms with Crippen LogP contribution >= 0.6 is 0 Å². The van der Waals surface area contributed by atoms with Gasteiger partial charge in [0.1, 0.15) is 13.2 Å². The van der Waals surface area contributed by atoms with Crippen LogP contribution in [0.4, 0.5) is 0 Å². The maximum atomic E-state index is 12.8. The first kappa shape index (κ1) is 61.9. The zero-order valence-electron chi connectivity index (χ0n) is 43.1. The summed E-state index contributed by atoms with van der Waals surface area (Å²) >= 11 is 0. The summed E-state index contributed by atoms with van der Waals surface area (Å²) in [5.41, 5.74) is 0. The van der Waals surface area contributed by atoms with Gasteiger partial charge < -0.3 is 14.2 Å². The van der Waals surface area contributed by atoms with Crippen molar-refractivity contribution in [2.75, 3.05) is 13.2 Å². The van der Waals surface area contributed by atoms with Gasteiger partial charge >= 0.3 is 17.9 Å². The van der Waals surface area contributed by atoms with E-state index in [1.807, 2.05) is 0 Å². The fraction of sp³-hybridized carbons (Fsp3) is 0.879. The molecule has 0 N–H and O–H groups in total. The van der Waals surface area contributed by atoms with E-state index in [4.69, 9.17) is 14.2 Å². The molecule has 0 radical (unpaired) electrons. The van der Waals surface area contributed by atoms with Crippen LogP contribution in [-0.2, 0) is 28.6 Å². The molecule has 0 saturated heterocycles. The molecule has 376 valence electrons. The van der Waals surface area contributed by atoms with Gasteiger partial charge in [-0.3, -0.25) is 14.4 Å². The number of hydrogen-bond acceptors (Lipinski definition) is 6. The number of hydrogen-bond donors (Lipinski definition) is 0. The van der Waals surface area contributed by atoms with Crippen LogP contribution in [0.2, 0.25) is 0 Å². The molecule has 0 aromatic rings. The minimum atomic E-state index is -0.771. The molecule has 0 heterocycles. The first-order valence-electron chi connectivity index (χ1n) is 28.3. The van der Waals surface area contributed by atoms with Crippen LogP contribution < -0.4 is 0 Å². The van der Waals surface area contributed by atoms with Gasteiger partial charge in [0, 0.05) is 19.3 Å². The Morgan fingerprint density at radius 2 is 0.516 bits per heavy atom. The molecule has 6 heteroatoms. The van der Waals surface area contributed by atoms with Crippen molar-refractivity contribution in [1.82, 2.24) is 0 Å². The summed E-state index contributed by atoms with van der Waals surface area (Å²) in [4.78, 5) is 38.1. The molecule has 0 bridgehead atoms. The smallest absolute Gasteiger partial charge is 0.306 e. The molecule has 0 aliphatic carbocycles. The second-order valence-electron chi connectivity index (χ2n) is 19.2. The van der Waals surface area contributed by atoms with E-state index in [-0.39, 0.29) is 31.1 Å². The molecule has 1 atom stereocenters. The summed E-state index contributed by atoms with van der Waals surface area (Å²) in [6.45, 7) is 6.65. The molecule has 0 fully saturated rings. The SMILES string of the molecule is CCCCCC/C=C\CCCCCCCCCC(=O)OC(COC(=O)CCCCCCCCC/C=C\CCCCCCCCCC)COC(=O)CCCCCCCCCCCCCC. The van der Waals surface area contributed by atoms with Gasteiger partial charge in [0.2, 0.25) is 0 Å². The van der Waals surface area contributed by atoms with Crippen LogP contribution in [-0.4, -0.2) is 37.2 Å². The molecule has 64 heavy (non-hydrogen) atoms. The Kier molecular flexibility index (Phi) is 51.7. The van der Waals surface area contributed by atoms with Gasteiger partial charge in [0.15, 0.2) is 6.10 Å². The number of carbonyl (C=O) groups excluding carboxylic acids is 3. The maximum absolute atomic E-state index is 12.8. The Morgan fingerprint density at radius 1 is 0.297 bits per heavy atom. The highest BCUT2D eigenvalue weighted by Crippen LogP contribution is 2.16. The topological polar surface area (TPSA) is 78.9 Å². The van der Waals surface area contributed by atoms with Gasteiger partial charge in [-0.1, -0.05) is 244 Å². The lowest BCUT2D eigenvalue weighted by Crippen LogP contribution is -2.30. The predicted molar refractivity (Wildman–Crippen MR) is 275 cm³/mol. The number of esters is 3. The Bertz CT molecular complexity index is 1040. The second-order valence-corrected chi connectivity index (χ2v) is 19.2. The third kappa shape index (κ3) is 50.9. The minimum absolute atomic E-state index is 0.0702. The van der Waals surface area contributed by atoms with E-state index in [0.29, 0.717) is 19.3 Å². The van der Waals surface area contributed by atoms with Gasteiger partial charge in [-0.15, -0.1) is 0 Å². The standard InChI is InChI=1S/C58H108O6/c1-4-7-10-13-16-19-22-25-27-28-29-30-32-33-36-39-42-45-48-51-57(60)63-54-55(53-62-56(59)50-47-44-41-38-35-24-21-18-15-12-9-6-3)64-58(61)52-49-46-43-40-37-34-31-26-23-20-17-14-11-8-5-2/h20,23,28-29,55H,4-19,21-22,24-27,30-54H2,1-3H3/b23-20-,29-28-. The van der Waals surface area contributed by atoms with Crippen LogP contribution in [0, 0.1) is 0 Å². The van der Waals surface area contributed by atoms with Crippen LogP contribution in [0.5, 0.6) is 0 Å². The van der Waals surface area contributed by atoms with Crippen molar-refractivity contribution in [3.05, 3.63) is 24.3 Å². The van der Waals surface area contributed by atoms with Crippen LogP contribution in [0.3, 0.4) is 0 Å². The lowest BCUT2D eigenvalue weighted by molar-refractivity contribution is -0.167.